The molecule has 0 bridgehead atoms. The zero-order chi connectivity index (χ0) is 22.0. The highest BCUT2D eigenvalue weighted by molar-refractivity contribution is 9.11. The Morgan fingerprint density at radius 1 is 1.00 bits per heavy atom. The molecule has 3 aromatic rings. The number of urea groups is 1. The van der Waals surface area contributed by atoms with Crippen LogP contribution in [0.4, 0.5) is 10.5 Å². The summed E-state index contributed by atoms with van der Waals surface area (Å²) in [6, 6.07) is 18.8. The highest BCUT2D eigenvalue weighted by Gasteiger charge is 2.29. The van der Waals surface area contributed by atoms with E-state index in [1.807, 2.05) is 36.4 Å². The lowest BCUT2D eigenvalue weighted by Gasteiger charge is -2.17. The highest BCUT2D eigenvalue weighted by Crippen LogP contribution is 2.41. The van der Waals surface area contributed by atoms with Crippen LogP contribution in [-0.4, -0.2) is 25.6 Å². The second-order valence-corrected chi connectivity index (χ2v) is 8.62. The molecule has 158 valence electrons. The predicted molar refractivity (Wildman–Crippen MR) is 125 cm³/mol. The summed E-state index contributed by atoms with van der Waals surface area (Å²) in [6.07, 6.45) is 0.709. The van der Waals surface area contributed by atoms with Gasteiger partial charge in [0.1, 0.15) is 18.0 Å². The number of ether oxygens (including phenoxy) is 2. The molecule has 1 N–H and O–H groups in total. The van der Waals surface area contributed by atoms with Gasteiger partial charge < -0.3 is 9.47 Å². The van der Waals surface area contributed by atoms with Gasteiger partial charge in [0, 0.05) is 17.7 Å². The second kappa shape index (κ2) is 9.11. The van der Waals surface area contributed by atoms with E-state index >= 15 is 0 Å². The number of hydrogen-bond donors (Lipinski definition) is 1. The van der Waals surface area contributed by atoms with Crippen molar-refractivity contribution in [2.24, 2.45) is 0 Å². The van der Waals surface area contributed by atoms with Crippen molar-refractivity contribution in [1.29, 1.82) is 0 Å². The molecule has 8 heteroatoms. The number of halogens is 2. The van der Waals surface area contributed by atoms with Gasteiger partial charge in [-0.25, -0.2) is 4.79 Å². The molecular formula is C23H18Br2N2O4. The fourth-order valence-electron chi connectivity index (χ4n) is 3.34. The quantitative estimate of drug-likeness (QED) is 0.406. The fourth-order valence-corrected chi connectivity index (χ4v) is 4.66. The van der Waals surface area contributed by atoms with Gasteiger partial charge in [0.25, 0.3) is 0 Å². The molecule has 3 amide bonds. The van der Waals surface area contributed by atoms with Crippen LogP contribution in [0.2, 0.25) is 0 Å². The summed E-state index contributed by atoms with van der Waals surface area (Å²) >= 11 is 7.03. The molecule has 0 aromatic heterocycles. The molecule has 0 aliphatic carbocycles. The Kier molecular flexibility index (Phi) is 6.29. The number of rotatable bonds is 6. The molecule has 0 saturated carbocycles. The Balaban J connectivity index is 1.61. The van der Waals surface area contributed by atoms with Crippen LogP contribution in [0.25, 0.3) is 0 Å². The van der Waals surface area contributed by atoms with Crippen molar-refractivity contribution < 1.29 is 19.1 Å². The van der Waals surface area contributed by atoms with Crippen molar-refractivity contribution in [1.82, 2.24) is 5.32 Å². The van der Waals surface area contributed by atoms with Crippen LogP contribution in [0.3, 0.4) is 0 Å². The second-order valence-electron chi connectivity index (χ2n) is 6.92. The van der Waals surface area contributed by atoms with Crippen molar-refractivity contribution in [2.75, 3.05) is 18.6 Å². The van der Waals surface area contributed by atoms with Crippen molar-refractivity contribution in [3.8, 4) is 17.2 Å². The van der Waals surface area contributed by atoms with E-state index in [1.54, 1.807) is 19.2 Å². The minimum Gasteiger partial charge on any atom is -0.496 e. The van der Waals surface area contributed by atoms with E-state index in [9.17, 15) is 9.59 Å². The van der Waals surface area contributed by atoms with Gasteiger partial charge in [-0.1, -0.05) is 30.3 Å². The Morgan fingerprint density at radius 3 is 2.32 bits per heavy atom. The number of benzene rings is 3. The lowest BCUT2D eigenvalue weighted by molar-refractivity contribution is -0.117. The van der Waals surface area contributed by atoms with E-state index in [2.05, 4.69) is 49.3 Å². The molecule has 1 aliphatic rings. The van der Waals surface area contributed by atoms with Crippen molar-refractivity contribution in [3.05, 3.63) is 80.7 Å². The van der Waals surface area contributed by atoms with Crippen LogP contribution < -0.4 is 19.7 Å². The molecule has 3 aromatic carbocycles. The Morgan fingerprint density at radius 2 is 1.71 bits per heavy atom. The number of anilines is 1. The van der Waals surface area contributed by atoms with E-state index in [1.165, 1.54) is 10.5 Å². The minimum absolute atomic E-state index is 0.0146. The smallest absolute Gasteiger partial charge is 0.329 e. The standard InChI is InChI=1S/C23H18Br2N2O4/c1-30-20-8-7-17(10-15(20)9-14-5-3-2-4-6-14)31-22-18(24)11-16(12-19(22)25)27-13-21(28)26-23(27)29/h2-8,10-12H,9,13H2,1H3,(H,26,28,29). The first-order chi connectivity index (χ1) is 14.9. The highest BCUT2D eigenvalue weighted by atomic mass is 79.9. The van der Waals surface area contributed by atoms with Crippen molar-refractivity contribution >= 4 is 49.5 Å². The summed E-state index contributed by atoms with van der Waals surface area (Å²) in [5, 5.41) is 2.27. The molecule has 1 saturated heterocycles. The van der Waals surface area contributed by atoms with Gasteiger partial charge in [-0.15, -0.1) is 0 Å². The minimum atomic E-state index is -0.446. The first-order valence-electron chi connectivity index (χ1n) is 9.43. The van der Waals surface area contributed by atoms with Crippen LogP contribution in [0, 0.1) is 0 Å². The number of hydrogen-bond acceptors (Lipinski definition) is 4. The van der Waals surface area contributed by atoms with E-state index in [-0.39, 0.29) is 12.5 Å². The molecule has 1 aliphatic heterocycles. The summed E-state index contributed by atoms with van der Waals surface area (Å²) in [6.45, 7) is -0.0146. The first kappa shape index (κ1) is 21.4. The summed E-state index contributed by atoms with van der Waals surface area (Å²) < 4.78 is 13.0. The Labute approximate surface area is 196 Å². The Hall–Kier alpha value is -2.84. The maximum Gasteiger partial charge on any atom is 0.329 e. The SMILES string of the molecule is COc1ccc(Oc2c(Br)cc(N3CC(=O)NC3=O)cc2Br)cc1Cc1ccccc1. The van der Waals surface area contributed by atoms with Gasteiger partial charge >= 0.3 is 6.03 Å². The van der Waals surface area contributed by atoms with Crippen LogP contribution >= 0.6 is 31.9 Å². The van der Waals surface area contributed by atoms with Gasteiger partial charge in [0.2, 0.25) is 5.91 Å². The number of methoxy groups -OCH3 is 1. The summed E-state index contributed by atoms with van der Waals surface area (Å²) in [4.78, 5) is 24.8. The van der Waals surface area contributed by atoms with Gasteiger partial charge in [-0.05, 0) is 67.8 Å². The summed E-state index contributed by atoms with van der Waals surface area (Å²) in [7, 11) is 1.65. The Bertz CT molecular complexity index is 1130. The van der Waals surface area contributed by atoms with Crippen LogP contribution in [-0.2, 0) is 11.2 Å². The molecule has 0 radical (unpaired) electrons. The van der Waals surface area contributed by atoms with Crippen molar-refractivity contribution in [2.45, 2.75) is 6.42 Å². The lowest BCUT2D eigenvalue weighted by atomic mass is 10.0. The van der Waals surface area contributed by atoms with Gasteiger partial charge in [-0.2, -0.15) is 0 Å². The van der Waals surface area contributed by atoms with Crippen LogP contribution in [0.5, 0.6) is 17.2 Å². The number of nitrogens with zero attached hydrogens (tertiary/aromatic N) is 1. The largest absolute Gasteiger partial charge is 0.496 e. The molecule has 0 spiro atoms. The third-order valence-corrected chi connectivity index (χ3v) is 5.98. The number of imide groups is 1. The van der Waals surface area contributed by atoms with Crippen LogP contribution in [0.1, 0.15) is 11.1 Å². The molecule has 6 nitrogen and oxygen atoms in total. The van der Waals surface area contributed by atoms with E-state index in [0.29, 0.717) is 32.6 Å². The average molecular weight is 546 g/mol. The molecule has 0 unspecified atom stereocenters. The maximum absolute atomic E-state index is 12.0. The van der Waals surface area contributed by atoms with Gasteiger partial charge in [-0.3, -0.25) is 15.0 Å². The van der Waals surface area contributed by atoms with E-state index < -0.39 is 6.03 Å². The third kappa shape index (κ3) is 4.75. The van der Waals surface area contributed by atoms with Crippen molar-refractivity contribution in [3.63, 3.8) is 0 Å². The molecule has 4 rings (SSSR count). The maximum atomic E-state index is 12.0. The summed E-state index contributed by atoms with van der Waals surface area (Å²) in [5.74, 6) is 1.66. The van der Waals surface area contributed by atoms with E-state index in [4.69, 9.17) is 9.47 Å². The molecule has 1 fully saturated rings. The fraction of sp³-hybridized carbons (Fsp3) is 0.130. The lowest BCUT2D eigenvalue weighted by Crippen LogP contribution is -2.27. The average Bonchev–Trinajstić information content (AvgIpc) is 3.09. The zero-order valence-corrected chi connectivity index (χ0v) is 19.7. The molecule has 31 heavy (non-hydrogen) atoms. The summed E-state index contributed by atoms with van der Waals surface area (Å²) in [5.41, 5.74) is 2.75. The topological polar surface area (TPSA) is 67.9 Å². The first-order valence-corrected chi connectivity index (χ1v) is 11.0. The number of carbonyl (C=O) groups excluding carboxylic acids is 2. The van der Waals surface area contributed by atoms with Gasteiger partial charge in [0.05, 0.1) is 16.1 Å². The predicted octanol–water partition coefficient (Wildman–Crippen LogP) is 5.66. The zero-order valence-electron chi connectivity index (χ0n) is 16.5. The normalized spacial score (nSPS) is 13.3. The monoisotopic (exact) mass is 544 g/mol. The van der Waals surface area contributed by atoms with E-state index in [0.717, 1.165) is 11.3 Å². The van der Waals surface area contributed by atoms with Gasteiger partial charge in [0.15, 0.2) is 5.75 Å². The molecule has 0 atom stereocenters. The number of carbonyl (C=O) groups is 2. The third-order valence-electron chi connectivity index (χ3n) is 4.80. The van der Waals surface area contributed by atoms with Crippen LogP contribution in [0.15, 0.2) is 69.6 Å². The molecule has 1 heterocycles. The molecular weight excluding hydrogens is 528 g/mol. The number of amides is 3. The number of nitrogens with one attached hydrogen (secondary N) is 1.